The molecule has 7 heteroatoms. The van der Waals surface area contributed by atoms with Gasteiger partial charge in [-0.05, 0) is 105 Å². The first-order chi connectivity index (χ1) is 18.1. The summed E-state index contributed by atoms with van der Waals surface area (Å²) in [6, 6.07) is 17.0. The van der Waals surface area contributed by atoms with E-state index in [4.69, 9.17) is 21.3 Å². The minimum Gasteiger partial charge on any atom is -0.490 e. The second-order valence-corrected chi connectivity index (χ2v) is 10.8. The number of aromatic nitrogens is 1. The van der Waals surface area contributed by atoms with Crippen LogP contribution in [0.3, 0.4) is 0 Å². The van der Waals surface area contributed by atoms with Crippen molar-refractivity contribution >= 4 is 34.8 Å². The van der Waals surface area contributed by atoms with Gasteiger partial charge in [0.25, 0.3) is 0 Å². The third-order valence-electron chi connectivity index (χ3n) is 7.87. The summed E-state index contributed by atoms with van der Waals surface area (Å²) in [6.07, 6.45) is 10.5. The fraction of sp³-hybridized carbons (Fsp3) is 0.400. The van der Waals surface area contributed by atoms with Crippen LogP contribution < -0.4 is 14.5 Å². The van der Waals surface area contributed by atoms with Gasteiger partial charge < -0.3 is 19.6 Å². The summed E-state index contributed by atoms with van der Waals surface area (Å²) in [6.45, 7) is 2.11. The number of carboxylic acid groups (broad SMARTS) is 1. The summed E-state index contributed by atoms with van der Waals surface area (Å²) in [4.78, 5) is 21.2. The molecule has 2 unspecified atom stereocenters. The number of anilines is 3. The van der Waals surface area contributed by atoms with E-state index < -0.39 is 17.4 Å². The lowest BCUT2D eigenvalue weighted by molar-refractivity contribution is -0.138. The molecule has 1 saturated heterocycles. The first kappa shape index (κ1) is 24.1. The van der Waals surface area contributed by atoms with Crippen LogP contribution in [-0.4, -0.2) is 41.3 Å². The Hall–Kier alpha value is -3.25. The number of fused-ring (bicyclic) bond motifs is 1. The summed E-state index contributed by atoms with van der Waals surface area (Å²) in [5.41, 5.74) is 4.40. The standard InChI is InChI=1S/C30H32ClN3O3/c31-28-25-18-20(21-9-15-27(32-19-21)33-16-4-1-5-17-33)8-14-26(25)34(29(28)30(35)36)22-10-12-24(13-11-22)37-23-6-2-3-7-23/h8-15,18-19,23,28-29H,1-7,16-17H2,(H,35,36). The summed E-state index contributed by atoms with van der Waals surface area (Å²) in [7, 11) is 0. The molecule has 1 aliphatic carbocycles. The van der Waals surface area contributed by atoms with Gasteiger partial charge in [0.15, 0.2) is 6.04 Å². The molecule has 2 fully saturated rings. The third-order valence-corrected chi connectivity index (χ3v) is 8.35. The zero-order valence-corrected chi connectivity index (χ0v) is 21.6. The highest BCUT2D eigenvalue weighted by atomic mass is 35.5. The molecule has 2 atom stereocenters. The Morgan fingerprint density at radius 2 is 1.65 bits per heavy atom. The Bertz CT molecular complexity index is 1250. The van der Waals surface area contributed by atoms with Crippen LogP contribution in [0.5, 0.6) is 5.75 Å². The maximum absolute atomic E-state index is 12.3. The van der Waals surface area contributed by atoms with E-state index in [0.717, 1.165) is 65.6 Å². The van der Waals surface area contributed by atoms with Crippen LogP contribution in [-0.2, 0) is 4.79 Å². The Balaban J connectivity index is 1.27. The quantitative estimate of drug-likeness (QED) is 0.357. The smallest absolute Gasteiger partial charge is 0.328 e. The van der Waals surface area contributed by atoms with Crippen LogP contribution in [0.4, 0.5) is 17.2 Å². The predicted octanol–water partition coefficient (Wildman–Crippen LogP) is 6.95. The SMILES string of the molecule is O=C(O)C1C(Cl)c2cc(-c3ccc(N4CCCCC4)nc3)ccc2N1c1ccc(OC2CCCC2)cc1. The highest BCUT2D eigenvalue weighted by Crippen LogP contribution is 2.48. The number of benzene rings is 2. The number of carbonyl (C=O) groups is 1. The fourth-order valence-corrected chi connectivity index (χ4v) is 6.31. The molecule has 1 aromatic heterocycles. The lowest BCUT2D eigenvalue weighted by atomic mass is 10.0. The Kier molecular flexibility index (Phi) is 6.68. The summed E-state index contributed by atoms with van der Waals surface area (Å²) >= 11 is 6.81. The van der Waals surface area contributed by atoms with E-state index in [0.29, 0.717) is 0 Å². The normalized spacial score (nSPS) is 21.8. The van der Waals surface area contributed by atoms with Crippen molar-refractivity contribution in [3.63, 3.8) is 0 Å². The molecule has 3 aliphatic rings. The number of pyridine rings is 1. The first-order valence-electron chi connectivity index (χ1n) is 13.4. The van der Waals surface area contributed by atoms with E-state index in [2.05, 4.69) is 17.0 Å². The number of halogens is 1. The summed E-state index contributed by atoms with van der Waals surface area (Å²) < 4.78 is 6.10. The zero-order valence-electron chi connectivity index (χ0n) is 20.9. The Labute approximate surface area is 222 Å². The number of hydrogen-bond donors (Lipinski definition) is 1. The number of aliphatic carboxylic acids is 1. The second-order valence-electron chi connectivity index (χ2n) is 10.3. The van der Waals surface area contributed by atoms with Crippen molar-refractivity contribution in [3.05, 3.63) is 66.4 Å². The minimum absolute atomic E-state index is 0.277. The molecule has 192 valence electrons. The number of nitrogens with zero attached hydrogens (tertiary/aromatic N) is 3. The molecule has 1 N–H and O–H groups in total. The van der Waals surface area contributed by atoms with Crippen LogP contribution in [0, 0.1) is 0 Å². The Morgan fingerprint density at radius 1 is 0.919 bits per heavy atom. The topological polar surface area (TPSA) is 65.9 Å². The molecule has 0 bridgehead atoms. The van der Waals surface area contributed by atoms with Gasteiger partial charge in [-0.25, -0.2) is 9.78 Å². The van der Waals surface area contributed by atoms with Crippen molar-refractivity contribution < 1.29 is 14.6 Å². The number of ether oxygens (including phenoxy) is 1. The molecule has 37 heavy (non-hydrogen) atoms. The molecule has 0 radical (unpaired) electrons. The monoisotopic (exact) mass is 517 g/mol. The molecule has 0 amide bonds. The van der Waals surface area contributed by atoms with Gasteiger partial charge >= 0.3 is 5.97 Å². The summed E-state index contributed by atoms with van der Waals surface area (Å²) in [5.74, 6) is 0.883. The molecule has 3 aromatic rings. The van der Waals surface area contributed by atoms with Crippen molar-refractivity contribution in [2.45, 2.75) is 62.5 Å². The second kappa shape index (κ2) is 10.3. The van der Waals surface area contributed by atoms with E-state index in [1.165, 1.54) is 32.1 Å². The largest absolute Gasteiger partial charge is 0.490 e. The molecular weight excluding hydrogens is 486 g/mol. The van der Waals surface area contributed by atoms with E-state index in [-0.39, 0.29) is 6.10 Å². The average molecular weight is 518 g/mol. The maximum atomic E-state index is 12.3. The van der Waals surface area contributed by atoms with Crippen LogP contribution in [0.25, 0.3) is 11.1 Å². The number of hydrogen-bond acceptors (Lipinski definition) is 5. The molecular formula is C30H32ClN3O3. The molecule has 2 aliphatic heterocycles. The van der Waals surface area contributed by atoms with Crippen molar-refractivity contribution in [2.75, 3.05) is 22.9 Å². The molecule has 6 nitrogen and oxygen atoms in total. The maximum Gasteiger partial charge on any atom is 0.328 e. The number of carboxylic acids is 1. The van der Waals surface area contributed by atoms with Crippen molar-refractivity contribution in [1.82, 2.24) is 4.98 Å². The molecule has 3 heterocycles. The number of alkyl halides is 1. The van der Waals surface area contributed by atoms with Crippen molar-refractivity contribution in [2.24, 2.45) is 0 Å². The number of rotatable bonds is 6. The lowest BCUT2D eigenvalue weighted by Gasteiger charge is -2.27. The Morgan fingerprint density at radius 3 is 2.32 bits per heavy atom. The van der Waals surface area contributed by atoms with Gasteiger partial charge in [0.1, 0.15) is 11.6 Å². The van der Waals surface area contributed by atoms with Gasteiger partial charge in [-0.3, -0.25) is 0 Å². The zero-order chi connectivity index (χ0) is 25.4. The average Bonchev–Trinajstić information content (AvgIpc) is 3.55. The van der Waals surface area contributed by atoms with Crippen LogP contribution in [0.2, 0.25) is 0 Å². The predicted molar refractivity (Wildman–Crippen MR) is 147 cm³/mol. The molecule has 2 aromatic carbocycles. The van der Waals surface area contributed by atoms with Gasteiger partial charge in [-0.15, -0.1) is 11.6 Å². The molecule has 6 rings (SSSR count). The van der Waals surface area contributed by atoms with Gasteiger partial charge in [0.2, 0.25) is 0 Å². The highest BCUT2D eigenvalue weighted by molar-refractivity contribution is 6.25. The van der Waals surface area contributed by atoms with Crippen molar-refractivity contribution in [3.8, 4) is 16.9 Å². The van der Waals surface area contributed by atoms with E-state index in [1.54, 1.807) is 0 Å². The van der Waals surface area contributed by atoms with Crippen LogP contribution in [0.15, 0.2) is 60.8 Å². The highest BCUT2D eigenvalue weighted by Gasteiger charge is 2.43. The van der Waals surface area contributed by atoms with Crippen LogP contribution >= 0.6 is 11.6 Å². The van der Waals surface area contributed by atoms with Gasteiger partial charge in [0.05, 0.1) is 11.5 Å². The number of piperidine rings is 1. The van der Waals surface area contributed by atoms with Crippen molar-refractivity contribution in [1.29, 1.82) is 0 Å². The molecule has 1 saturated carbocycles. The van der Waals surface area contributed by atoms with E-state index in [9.17, 15) is 9.90 Å². The van der Waals surface area contributed by atoms with Gasteiger partial charge in [-0.2, -0.15) is 0 Å². The first-order valence-corrected chi connectivity index (χ1v) is 13.8. The lowest BCUT2D eigenvalue weighted by Crippen LogP contribution is -2.36. The van der Waals surface area contributed by atoms with E-state index in [1.807, 2.05) is 53.6 Å². The van der Waals surface area contributed by atoms with E-state index >= 15 is 0 Å². The van der Waals surface area contributed by atoms with Gasteiger partial charge in [0, 0.05) is 36.2 Å². The fourth-order valence-electron chi connectivity index (χ4n) is 5.91. The molecule has 0 spiro atoms. The van der Waals surface area contributed by atoms with Crippen LogP contribution in [0.1, 0.15) is 55.9 Å². The van der Waals surface area contributed by atoms with Gasteiger partial charge in [-0.1, -0.05) is 6.07 Å². The summed E-state index contributed by atoms with van der Waals surface area (Å²) in [5, 5.41) is 9.43. The third kappa shape index (κ3) is 4.75. The minimum atomic E-state index is -0.948.